The van der Waals surface area contributed by atoms with Crippen LogP contribution in [0.1, 0.15) is 30.5 Å². The van der Waals surface area contributed by atoms with Crippen molar-refractivity contribution in [2.75, 3.05) is 30.8 Å². The zero-order valence-corrected chi connectivity index (χ0v) is 21.8. The summed E-state index contributed by atoms with van der Waals surface area (Å²) in [6, 6.07) is 14.3. The van der Waals surface area contributed by atoms with Gasteiger partial charge in [0.2, 0.25) is 0 Å². The van der Waals surface area contributed by atoms with Gasteiger partial charge in [-0.2, -0.15) is 0 Å². The molecule has 2 aromatic rings. The smallest absolute Gasteiger partial charge is 0.191 e. The molecule has 1 aliphatic heterocycles. The molecular weight excluding hydrogens is 523 g/mol. The van der Waals surface area contributed by atoms with Gasteiger partial charge in [-0.1, -0.05) is 30.3 Å². The van der Waals surface area contributed by atoms with E-state index in [9.17, 15) is 8.42 Å². The molecule has 0 saturated carbocycles. The van der Waals surface area contributed by atoms with Crippen molar-refractivity contribution in [2.45, 2.75) is 44.7 Å². The zero-order chi connectivity index (χ0) is 21.7. The molecule has 1 unspecified atom stereocenters. The fourth-order valence-corrected chi connectivity index (χ4v) is 4.87. The lowest BCUT2D eigenvalue weighted by Gasteiger charge is -2.28. The van der Waals surface area contributed by atoms with Crippen LogP contribution in [0.15, 0.2) is 52.4 Å². The lowest BCUT2D eigenvalue weighted by molar-refractivity contribution is 0.601. The minimum atomic E-state index is -3.20. The van der Waals surface area contributed by atoms with Gasteiger partial charge in [0.15, 0.2) is 15.8 Å². The fourth-order valence-electron chi connectivity index (χ4n) is 3.91. The second-order valence-electron chi connectivity index (χ2n) is 7.87. The molecule has 1 aliphatic rings. The van der Waals surface area contributed by atoms with Gasteiger partial charge < -0.3 is 15.5 Å². The van der Waals surface area contributed by atoms with Crippen molar-refractivity contribution in [1.29, 1.82) is 0 Å². The number of nitrogens with one attached hydrogen (secondary N) is 2. The van der Waals surface area contributed by atoms with Crippen LogP contribution in [0.25, 0.3) is 0 Å². The van der Waals surface area contributed by atoms with E-state index < -0.39 is 9.84 Å². The summed E-state index contributed by atoms with van der Waals surface area (Å²) in [5, 5.41) is 6.74. The van der Waals surface area contributed by atoms with E-state index in [1.54, 1.807) is 6.07 Å². The van der Waals surface area contributed by atoms with Gasteiger partial charge in [0.05, 0.1) is 11.4 Å². The quantitative estimate of drug-likeness (QED) is 0.310. The third-order valence-corrected chi connectivity index (χ3v) is 6.68. The van der Waals surface area contributed by atoms with Crippen LogP contribution in [0.3, 0.4) is 0 Å². The Bertz CT molecular complexity index is 1020. The lowest BCUT2D eigenvalue weighted by Crippen LogP contribution is -2.45. The van der Waals surface area contributed by atoms with E-state index in [4.69, 9.17) is 0 Å². The minimum Gasteiger partial charge on any atom is -0.366 e. The lowest BCUT2D eigenvalue weighted by atomic mass is 10.1. The number of rotatable bonds is 7. The number of nitrogens with zero attached hydrogens (tertiary/aromatic N) is 2. The average Bonchev–Trinajstić information content (AvgIpc) is 3.13. The second-order valence-corrected chi connectivity index (χ2v) is 9.85. The summed E-state index contributed by atoms with van der Waals surface area (Å²) in [6.07, 6.45) is 2.33. The number of guanidine groups is 1. The summed E-state index contributed by atoms with van der Waals surface area (Å²) in [7, 11) is -3.20. The summed E-state index contributed by atoms with van der Waals surface area (Å²) in [6.45, 7) is 9.19. The Hall–Kier alpha value is -1.81. The van der Waals surface area contributed by atoms with Gasteiger partial charge in [0.1, 0.15) is 0 Å². The van der Waals surface area contributed by atoms with Gasteiger partial charge in [0.25, 0.3) is 0 Å². The van der Waals surface area contributed by atoms with Gasteiger partial charge in [-0.25, -0.2) is 13.4 Å². The number of halogens is 1. The number of para-hydroxylation sites is 1. The zero-order valence-electron chi connectivity index (χ0n) is 18.7. The van der Waals surface area contributed by atoms with Crippen molar-refractivity contribution in [2.24, 2.45) is 4.99 Å². The van der Waals surface area contributed by atoms with Crippen LogP contribution in [-0.4, -0.2) is 46.3 Å². The summed E-state index contributed by atoms with van der Waals surface area (Å²) in [5.74, 6) is 0.765. The molecule has 0 radical (unpaired) electrons. The molecule has 0 saturated heterocycles. The van der Waals surface area contributed by atoms with E-state index in [1.165, 1.54) is 17.5 Å². The number of aliphatic imine (C=N–C) groups is 1. The predicted octanol–water partition coefficient (Wildman–Crippen LogP) is 3.52. The van der Waals surface area contributed by atoms with Gasteiger partial charge in [-0.3, -0.25) is 0 Å². The van der Waals surface area contributed by atoms with Crippen LogP contribution in [-0.2, 0) is 22.8 Å². The van der Waals surface area contributed by atoms with E-state index in [2.05, 4.69) is 51.7 Å². The van der Waals surface area contributed by atoms with Crippen molar-refractivity contribution in [3.05, 3.63) is 59.2 Å². The van der Waals surface area contributed by atoms with Crippen LogP contribution in [0.5, 0.6) is 0 Å². The Morgan fingerprint density at radius 2 is 1.94 bits per heavy atom. The monoisotopic (exact) mass is 556 g/mol. The first-order valence-electron chi connectivity index (χ1n) is 10.5. The van der Waals surface area contributed by atoms with Crippen molar-refractivity contribution in [1.82, 2.24) is 10.6 Å². The van der Waals surface area contributed by atoms with E-state index in [1.807, 2.05) is 26.0 Å². The molecule has 0 bridgehead atoms. The van der Waals surface area contributed by atoms with Crippen LogP contribution < -0.4 is 15.5 Å². The number of benzene rings is 2. The third-order valence-electron chi connectivity index (χ3n) is 5.42. The highest BCUT2D eigenvalue weighted by Crippen LogP contribution is 2.28. The number of fused-ring (bicyclic) bond motifs is 1. The first-order chi connectivity index (χ1) is 14.3. The molecule has 31 heavy (non-hydrogen) atoms. The maximum atomic E-state index is 11.8. The van der Waals surface area contributed by atoms with Gasteiger partial charge in [0, 0.05) is 37.6 Å². The molecule has 0 aliphatic carbocycles. The maximum absolute atomic E-state index is 11.8. The van der Waals surface area contributed by atoms with Gasteiger partial charge in [-0.15, -0.1) is 24.0 Å². The largest absolute Gasteiger partial charge is 0.366 e. The Kier molecular flexibility index (Phi) is 9.17. The standard InChI is InChI=1S/C23H32N4O2S.HI/c1-5-24-23(26-16-19-10-11-22(17(2)14-19)30(4,28)29)25-15-18(3)27-13-12-20-8-6-7-9-21(20)27;/h6-11,14,18H,5,12-13,15-16H2,1-4H3,(H2,24,25,26);1H. The summed E-state index contributed by atoms with van der Waals surface area (Å²) in [4.78, 5) is 7.50. The number of sulfone groups is 1. The van der Waals surface area contributed by atoms with E-state index in [-0.39, 0.29) is 24.0 Å². The van der Waals surface area contributed by atoms with Crippen LogP contribution in [0.2, 0.25) is 0 Å². The van der Waals surface area contributed by atoms with Crippen molar-refractivity contribution in [3.63, 3.8) is 0 Å². The number of hydrogen-bond acceptors (Lipinski definition) is 4. The highest BCUT2D eigenvalue weighted by molar-refractivity contribution is 14.0. The van der Waals surface area contributed by atoms with Crippen LogP contribution in [0.4, 0.5) is 5.69 Å². The molecule has 6 nitrogen and oxygen atoms in total. The van der Waals surface area contributed by atoms with E-state index in [0.29, 0.717) is 17.5 Å². The molecule has 0 amide bonds. The highest BCUT2D eigenvalue weighted by Gasteiger charge is 2.22. The summed E-state index contributed by atoms with van der Waals surface area (Å²) in [5.41, 5.74) is 4.48. The normalized spacial score (nSPS) is 14.6. The Labute approximate surface area is 203 Å². The molecule has 1 heterocycles. The van der Waals surface area contributed by atoms with E-state index in [0.717, 1.165) is 43.1 Å². The van der Waals surface area contributed by atoms with Crippen LogP contribution in [0, 0.1) is 6.92 Å². The van der Waals surface area contributed by atoms with Gasteiger partial charge >= 0.3 is 0 Å². The van der Waals surface area contributed by atoms with Crippen molar-refractivity contribution < 1.29 is 8.42 Å². The first kappa shape index (κ1) is 25.5. The molecule has 170 valence electrons. The number of hydrogen-bond donors (Lipinski definition) is 2. The first-order valence-corrected chi connectivity index (χ1v) is 12.3. The molecule has 1 atom stereocenters. The highest BCUT2D eigenvalue weighted by atomic mass is 127. The van der Waals surface area contributed by atoms with E-state index >= 15 is 0 Å². The Morgan fingerprint density at radius 3 is 2.61 bits per heavy atom. The fraction of sp³-hybridized carbons (Fsp3) is 0.435. The molecule has 0 aromatic heterocycles. The Morgan fingerprint density at radius 1 is 1.19 bits per heavy atom. The molecular formula is C23H33IN4O2S. The second kappa shape index (κ2) is 11.2. The van der Waals surface area contributed by atoms with Crippen molar-refractivity contribution >= 4 is 45.5 Å². The van der Waals surface area contributed by atoms with Crippen LogP contribution >= 0.6 is 24.0 Å². The molecule has 8 heteroatoms. The topological polar surface area (TPSA) is 73.8 Å². The van der Waals surface area contributed by atoms with Crippen molar-refractivity contribution in [3.8, 4) is 0 Å². The molecule has 2 N–H and O–H groups in total. The third kappa shape index (κ3) is 6.58. The maximum Gasteiger partial charge on any atom is 0.191 e. The minimum absolute atomic E-state index is 0. The molecule has 0 spiro atoms. The SMILES string of the molecule is CCNC(=NCc1ccc(S(C)(=O)=O)c(C)c1)NCC(C)N1CCc2ccccc21.I. The number of anilines is 1. The molecule has 3 rings (SSSR count). The Balaban J connectivity index is 0.00000341. The van der Waals surface area contributed by atoms with Gasteiger partial charge in [-0.05, 0) is 56.0 Å². The average molecular weight is 557 g/mol. The predicted molar refractivity (Wildman–Crippen MR) is 139 cm³/mol. The number of aryl methyl sites for hydroxylation is 1. The molecule has 2 aromatic carbocycles. The molecule has 0 fully saturated rings. The summed E-state index contributed by atoms with van der Waals surface area (Å²) >= 11 is 0. The summed E-state index contributed by atoms with van der Waals surface area (Å²) < 4.78 is 23.6.